The van der Waals surface area contributed by atoms with Gasteiger partial charge in [-0.15, -0.1) is 0 Å². The van der Waals surface area contributed by atoms with Crippen LogP contribution >= 0.6 is 23.2 Å². The highest BCUT2D eigenvalue weighted by molar-refractivity contribution is 6.42. The van der Waals surface area contributed by atoms with E-state index in [1.807, 2.05) is 31.2 Å². The lowest BCUT2D eigenvalue weighted by Gasteiger charge is -2.29. The summed E-state index contributed by atoms with van der Waals surface area (Å²) in [6.45, 7) is 6.82. The Labute approximate surface area is 183 Å². The third kappa shape index (κ3) is 7.06. The van der Waals surface area contributed by atoms with Crippen LogP contribution in [0.15, 0.2) is 42.5 Å². The van der Waals surface area contributed by atoms with Gasteiger partial charge in [0.2, 0.25) is 11.8 Å². The number of rotatable bonds is 9. The summed E-state index contributed by atoms with van der Waals surface area (Å²) in [7, 11) is 0. The molecule has 0 spiro atoms. The molecule has 4 nitrogen and oxygen atoms in total. The monoisotopic (exact) mass is 434 g/mol. The molecule has 0 bridgehead atoms. The number of carbonyl (C=O) groups excluding carboxylic acids is 2. The molecular weight excluding hydrogens is 407 g/mol. The van der Waals surface area contributed by atoms with Crippen LogP contribution in [-0.4, -0.2) is 29.3 Å². The third-order valence-corrected chi connectivity index (χ3v) is 5.55. The lowest BCUT2D eigenvalue weighted by atomic mass is 10.1. The molecule has 0 heterocycles. The molecule has 1 N–H and O–H groups in total. The van der Waals surface area contributed by atoms with Gasteiger partial charge in [0.25, 0.3) is 0 Å². The molecule has 156 valence electrons. The minimum absolute atomic E-state index is 0.137. The Bertz CT molecular complexity index is 837. The van der Waals surface area contributed by atoms with Crippen molar-refractivity contribution in [1.29, 1.82) is 0 Å². The largest absolute Gasteiger partial charge is 0.354 e. The smallest absolute Gasteiger partial charge is 0.242 e. The third-order valence-electron chi connectivity index (χ3n) is 4.81. The fourth-order valence-electron chi connectivity index (χ4n) is 2.93. The van der Waals surface area contributed by atoms with Gasteiger partial charge in [-0.1, -0.05) is 72.4 Å². The Hall–Kier alpha value is -2.04. The molecule has 0 aliphatic carbocycles. The van der Waals surface area contributed by atoms with Crippen LogP contribution in [0.4, 0.5) is 0 Å². The van der Waals surface area contributed by atoms with Crippen molar-refractivity contribution in [3.63, 3.8) is 0 Å². The van der Waals surface area contributed by atoms with E-state index in [2.05, 4.69) is 12.2 Å². The van der Waals surface area contributed by atoms with Gasteiger partial charge in [0, 0.05) is 13.1 Å². The van der Waals surface area contributed by atoms with E-state index in [9.17, 15) is 9.59 Å². The molecule has 0 aromatic heterocycles. The van der Waals surface area contributed by atoms with Crippen molar-refractivity contribution < 1.29 is 9.59 Å². The molecule has 2 amide bonds. The van der Waals surface area contributed by atoms with Crippen molar-refractivity contribution >= 4 is 35.0 Å². The number of hydrogen-bond donors (Lipinski definition) is 1. The second-order valence-electron chi connectivity index (χ2n) is 7.25. The predicted molar refractivity (Wildman–Crippen MR) is 119 cm³/mol. The van der Waals surface area contributed by atoms with E-state index in [0.717, 1.165) is 29.5 Å². The second-order valence-corrected chi connectivity index (χ2v) is 8.07. The van der Waals surface area contributed by atoms with Gasteiger partial charge in [0.15, 0.2) is 0 Å². The van der Waals surface area contributed by atoms with E-state index in [4.69, 9.17) is 23.2 Å². The van der Waals surface area contributed by atoms with E-state index in [0.29, 0.717) is 23.1 Å². The van der Waals surface area contributed by atoms with Gasteiger partial charge in [-0.2, -0.15) is 0 Å². The van der Waals surface area contributed by atoms with Crippen molar-refractivity contribution in [2.45, 2.75) is 52.6 Å². The van der Waals surface area contributed by atoms with Crippen molar-refractivity contribution in [3.05, 3.63) is 69.2 Å². The molecular formula is C23H28Cl2N2O2. The zero-order valence-electron chi connectivity index (χ0n) is 17.2. The summed E-state index contributed by atoms with van der Waals surface area (Å²) in [6.07, 6.45) is 2.06. The normalized spacial score (nSPS) is 11.8. The maximum atomic E-state index is 13.1. The van der Waals surface area contributed by atoms with Gasteiger partial charge in [-0.25, -0.2) is 0 Å². The summed E-state index contributed by atoms with van der Waals surface area (Å²) < 4.78 is 0. The van der Waals surface area contributed by atoms with Crippen LogP contribution in [0.3, 0.4) is 0 Å². The molecule has 0 aliphatic rings. The number of aryl methyl sites for hydroxylation is 1. The Kier molecular flexibility index (Phi) is 8.99. The maximum absolute atomic E-state index is 13.1. The van der Waals surface area contributed by atoms with E-state index in [-0.39, 0.29) is 18.2 Å². The van der Waals surface area contributed by atoms with Gasteiger partial charge >= 0.3 is 0 Å². The summed E-state index contributed by atoms with van der Waals surface area (Å²) >= 11 is 12.1. The first-order valence-corrected chi connectivity index (χ1v) is 10.6. The number of carbonyl (C=O) groups is 2. The Morgan fingerprint density at radius 3 is 2.31 bits per heavy atom. The molecule has 0 saturated heterocycles. The molecule has 0 aliphatic heterocycles. The second kappa shape index (κ2) is 11.2. The summed E-state index contributed by atoms with van der Waals surface area (Å²) in [5.74, 6) is -0.282. The van der Waals surface area contributed by atoms with Crippen LogP contribution in [0.5, 0.6) is 0 Å². The van der Waals surface area contributed by atoms with Crippen LogP contribution in [0.25, 0.3) is 0 Å². The SMILES string of the molecule is CCCCNC(=O)[C@H](C)N(Cc1ccc(C)cc1)C(=O)Cc1ccc(Cl)c(Cl)c1. The topological polar surface area (TPSA) is 49.4 Å². The molecule has 0 unspecified atom stereocenters. The number of nitrogens with one attached hydrogen (secondary N) is 1. The van der Waals surface area contributed by atoms with Crippen molar-refractivity contribution in [3.8, 4) is 0 Å². The van der Waals surface area contributed by atoms with Crippen molar-refractivity contribution in [2.24, 2.45) is 0 Å². The van der Waals surface area contributed by atoms with Crippen molar-refractivity contribution in [2.75, 3.05) is 6.54 Å². The number of unbranched alkanes of at least 4 members (excludes halogenated alkanes) is 1. The summed E-state index contributed by atoms with van der Waals surface area (Å²) in [6, 6.07) is 12.5. The zero-order chi connectivity index (χ0) is 21.4. The number of benzene rings is 2. The van der Waals surface area contributed by atoms with Crippen LogP contribution in [0.2, 0.25) is 10.0 Å². The molecule has 0 saturated carbocycles. The molecule has 0 radical (unpaired) electrons. The lowest BCUT2D eigenvalue weighted by molar-refractivity contribution is -0.140. The molecule has 2 aromatic rings. The zero-order valence-corrected chi connectivity index (χ0v) is 18.7. The first kappa shape index (κ1) is 23.2. The van der Waals surface area contributed by atoms with E-state index in [1.165, 1.54) is 0 Å². The van der Waals surface area contributed by atoms with Gasteiger partial charge in [-0.3, -0.25) is 9.59 Å². The Morgan fingerprint density at radius 2 is 1.69 bits per heavy atom. The minimum Gasteiger partial charge on any atom is -0.354 e. The summed E-state index contributed by atoms with van der Waals surface area (Å²) in [4.78, 5) is 27.4. The highest BCUT2D eigenvalue weighted by atomic mass is 35.5. The fourth-order valence-corrected chi connectivity index (χ4v) is 3.26. The van der Waals surface area contributed by atoms with Gasteiger partial charge in [0.05, 0.1) is 16.5 Å². The van der Waals surface area contributed by atoms with Gasteiger partial charge in [0.1, 0.15) is 6.04 Å². The number of halogens is 2. The van der Waals surface area contributed by atoms with Gasteiger partial charge in [-0.05, 0) is 43.5 Å². The average molecular weight is 435 g/mol. The standard InChI is InChI=1S/C23H28Cl2N2O2/c1-4-5-12-26-23(29)17(3)27(15-18-8-6-16(2)7-9-18)22(28)14-19-10-11-20(24)21(25)13-19/h6-11,13,17H,4-5,12,14-15H2,1-3H3,(H,26,29)/t17-/m0/s1. The maximum Gasteiger partial charge on any atom is 0.242 e. The quantitative estimate of drug-likeness (QED) is 0.552. The Morgan fingerprint density at radius 1 is 1.03 bits per heavy atom. The lowest BCUT2D eigenvalue weighted by Crippen LogP contribution is -2.48. The van der Waals surface area contributed by atoms with E-state index < -0.39 is 6.04 Å². The van der Waals surface area contributed by atoms with Crippen LogP contribution in [0.1, 0.15) is 43.4 Å². The average Bonchev–Trinajstić information content (AvgIpc) is 2.69. The highest BCUT2D eigenvalue weighted by Gasteiger charge is 2.26. The van der Waals surface area contributed by atoms with E-state index >= 15 is 0 Å². The first-order valence-electron chi connectivity index (χ1n) is 9.88. The van der Waals surface area contributed by atoms with Gasteiger partial charge < -0.3 is 10.2 Å². The number of amides is 2. The van der Waals surface area contributed by atoms with Crippen LogP contribution < -0.4 is 5.32 Å². The summed E-state index contributed by atoms with van der Waals surface area (Å²) in [5, 5.41) is 3.78. The highest BCUT2D eigenvalue weighted by Crippen LogP contribution is 2.23. The van der Waals surface area contributed by atoms with Crippen molar-refractivity contribution in [1.82, 2.24) is 10.2 Å². The van der Waals surface area contributed by atoms with Crippen LogP contribution in [-0.2, 0) is 22.6 Å². The first-order chi connectivity index (χ1) is 13.8. The predicted octanol–water partition coefficient (Wildman–Crippen LogP) is 5.18. The van der Waals surface area contributed by atoms with E-state index in [1.54, 1.807) is 30.0 Å². The summed E-state index contributed by atoms with van der Waals surface area (Å²) in [5.41, 5.74) is 2.89. The molecule has 0 fully saturated rings. The fraction of sp³-hybridized carbons (Fsp3) is 0.391. The molecule has 2 rings (SSSR count). The number of nitrogens with zero attached hydrogens (tertiary/aromatic N) is 1. The number of hydrogen-bond acceptors (Lipinski definition) is 2. The van der Waals surface area contributed by atoms with Crippen LogP contribution in [0, 0.1) is 6.92 Å². The molecule has 29 heavy (non-hydrogen) atoms. The molecule has 6 heteroatoms. The molecule has 1 atom stereocenters. The minimum atomic E-state index is -0.580. The Balaban J connectivity index is 2.19. The molecule has 2 aromatic carbocycles.